The van der Waals surface area contributed by atoms with Crippen molar-refractivity contribution in [2.75, 3.05) is 13.2 Å². The summed E-state index contributed by atoms with van der Waals surface area (Å²) < 4.78 is 0.831. The molecule has 0 aliphatic carbocycles. The molecule has 1 aromatic rings. The number of hydrogen-bond donors (Lipinski definition) is 0. The summed E-state index contributed by atoms with van der Waals surface area (Å²) in [5, 5.41) is 1.83. The maximum absolute atomic E-state index is 12.1. The Bertz CT molecular complexity index is 405. The summed E-state index contributed by atoms with van der Waals surface area (Å²) in [5.74, 6) is -0.175. The Balaban J connectivity index is 2.22. The van der Waals surface area contributed by atoms with Gasteiger partial charge >= 0.3 is 0 Å². The van der Waals surface area contributed by atoms with Crippen LogP contribution < -0.4 is 0 Å². The van der Waals surface area contributed by atoms with Gasteiger partial charge < -0.3 is 0 Å². The summed E-state index contributed by atoms with van der Waals surface area (Å²) >= 11 is 9.30. The van der Waals surface area contributed by atoms with Gasteiger partial charge in [-0.3, -0.25) is 9.63 Å². The Morgan fingerprint density at radius 1 is 1.44 bits per heavy atom. The molecule has 16 heavy (non-hydrogen) atoms. The Morgan fingerprint density at radius 3 is 2.94 bits per heavy atom. The zero-order valence-electron chi connectivity index (χ0n) is 8.58. The van der Waals surface area contributed by atoms with E-state index in [1.165, 1.54) is 5.06 Å². The molecule has 0 atom stereocenters. The first-order valence-corrected chi connectivity index (χ1v) is 6.25. The van der Waals surface area contributed by atoms with Crippen molar-refractivity contribution in [2.45, 2.75) is 12.8 Å². The highest BCUT2D eigenvalue weighted by molar-refractivity contribution is 9.10. The molecular weight excluding hydrogens is 293 g/mol. The van der Waals surface area contributed by atoms with E-state index in [1.54, 1.807) is 18.2 Å². The fraction of sp³-hybridized carbons (Fsp3) is 0.364. The summed E-state index contributed by atoms with van der Waals surface area (Å²) in [6.45, 7) is 1.22. The van der Waals surface area contributed by atoms with Crippen molar-refractivity contribution in [3.05, 3.63) is 33.3 Å². The second kappa shape index (κ2) is 5.17. The molecule has 0 unspecified atom stereocenters. The highest BCUT2D eigenvalue weighted by Crippen LogP contribution is 2.23. The van der Waals surface area contributed by atoms with Crippen LogP contribution >= 0.6 is 27.5 Å². The van der Waals surface area contributed by atoms with Crippen molar-refractivity contribution in [3.63, 3.8) is 0 Å². The van der Waals surface area contributed by atoms with E-state index in [4.69, 9.17) is 16.4 Å². The second-order valence-electron chi connectivity index (χ2n) is 3.57. The first-order chi connectivity index (χ1) is 7.68. The Kier molecular flexibility index (Phi) is 3.84. The minimum Gasteiger partial charge on any atom is -0.271 e. The van der Waals surface area contributed by atoms with Gasteiger partial charge in [0.05, 0.1) is 17.2 Å². The van der Waals surface area contributed by atoms with Crippen LogP contribution in [0.5, 0.6) is 0 Å². The average molecular weight is 305 g/mol. The number of halogens is 2. The molecule has 2 rings (SSSR count). The zero-order valence-corrected chi connectivity index (χ0v) is 10.9. The number of nitrogens with zero attached hydrogens (tertiary/aromatic N) is 1. The Labute approximate surface area is 107 Å². The van der Waals surface area contributed by atoms with Crippen LogP contribution in [0, 0.1) is 0 Å². The number of hydrogen-bond acceptors (Lipinski definition) is 2. The largest absolute Gasteiger partial charge is 0.278 e. The number of rotatable bonds is 1. The SMILES string of the molecule is O=C(c1cc(Br)ccc1Cl)N1CCCCO1. The Hall–Kier alpha value is -0.580. The van der Waals surface area contributed by atoms with Gasteiger partial charge in [0.1, 0.15) is 0 Å². The van der Waals surface area contributed by atoms with Crippen molar-refractivity contribution in [2.24, 2.45) is 0 Å². The zero-order chi connectivity index (χ0) is 11.5. The van der Waals surface area contributed by atoms with E-state index < -0.39 is 0 Å². The number of benzene rings is 1. The van der Waals surface area contributed by atoms with Gasteiger partial charge in [0.2, 0.25) is 0 Å². The maximum atomic E-state index is 12.1. The minimum absolute atomic E-state index is 0.175. The lowest BCUT2D eigenvalue weighted by Crippen LogP contribution is -2.35. The van der Waals surface area contributed by atoms with Crippen molar-refractivity contribution < 1.29 is 9.63 Å². The highest BCUT2D eigenvalue weighted by atomic mass is 79.9. The van der Waals surface area contributed by atoms with Crippen molar-refractivity contribution in [1.82, 2.24) is 5.06 Å². The monoisotopic (exact) mass is 303 g/mol. The van der Waals surface area contributed by atoms with E-state index in [1.807, 2.05) is 0 Å². The van der Waals surface area contributed by atoms with E-state index in [-0.39, 0.29) is 5.91 Å². The predicted molar refractivity (Wildman–Crippen MR) is 65.4 cm³/mol. The second-order valence-corrected chi connectivity index (χ2v) is 4.89. The molecule has 0 bridgehead atoms. The summed E-state index contributed by atoms with van der Waals surface area (Å²) in [7, 11) is 0. The molecular formula is C11H11BrClNO2. The van der Waals surface area contributed by atoms with E-state index in [9.17, 15) is 4.79 Å². The van der Waals surface area contributed by atoms with Crippen LogP contribution in [0.25, 0.3) is 0 Å². The molecule has 1 aliphatic heterocycles. The number of carbonyl (C=O) groups is 1. The molecule has 0 N–H and O–H groups in total. The lowest BCUT2D eigenvalue weighted by molar-refractivity contribution is -0.144. The van der Waals surface area contributed by atoms with Crippen molar-refractivity contribution in [3.8, 4) is 0 Å². The summed E-state index contributed by atoms with van der Waals surface area (Å²) in [6, 6.07) is 5.21. The quantitative estimate of drug-likeness (QED) is 0.797. The van der Waals surface area contributed by atoms with Crippen LogP contribution in [-0.2, 0) is 4.84 Å². The number of amides is 1. The molecule has 0 radical (unpaired) electrons. The topological polar surface area (TPSA) is 29.5 Å². The summed E-state index contributed by atoms with van der Waals surface area (Å²) in [4.78, 5) is 17.4. The van der Waals surface area contributed by atoms with Crippen LogP contribution in [0.3, 0.4) is 0 Å². The smallest absolute Gasteiger partial charge is 0.271 e. The molecule has 1 aromatic carbocycles. The van der Waals surface area contributed by atoms with Gasteiger partial charge in [0.15, 0.2) is 0 Å². The molecule has 86 valence electrons. The number of hydroxylamine groups is 2. The van der Waals surface area contributed by atoms with Gasteiger partial charge in [-0.2, -0.15) is 0 Å². The van der Waals surface area contributed by atoms with Crippen molar-refractivity contribution >= 4 is 33.4 Å². The molecule has 1 saturated heterocycles. The average Bonchev–Trinajstić information content (AvgIpc) is 2.32. The van der Waals surface area contributed by atoms with E-state index in [0.717, 1.165) is 17.3 Å². The fourth-order valence-corrected chi connectivity index (χ4v) is 2.11. The third kappa shape index (κ3) is 2.56. The van der Waals surface area contributed by atoms with Gasteiger partial charge in [0, 0.05) is 11.0 Å². The van der Waals surface area contributed by atoms with E-state index >= 15 is 0 Å². The molecule has 3 nitrogen and oxygen atoms in total. The summed E-state index contributed by atoms with van der Waals surface area (Å²) in [5.41, 5.74) is 0.470. The highest BCUT2D eigenvalue weighted by Gasteiger charge is 2.21. The first-order valence-electron chi connectivity index (χ1n) is 5.08. The lowest BCUT2D eigenvalue weighted by Gasteiger charge is -2.26. The molecule has 0 aromatic heterocycles. The van der Waals surface area contributed by atoms with Crippen LogP contribution in [0.1, 0.15) is 23.2 Å². The molecule has 1 heterocycles. The minimum atomic E-state index is -0.175. The maximum Gasteiger partial charge on any atom is 0.278 e. The summed E-state index contributed by atoms with van der Waals surface area (Å²) in [6.07, 6.45) is 1.97. The van der Waals surface area contributed by atoms with Gasteiger partial charge in [-0.05, 0) is 31.0 Å². The molecule has 0 spiro atoms. The fourth-order valence-electron chi connectivity index (χ4n) is 1.55. The van der Waals surface area contributed by atoms with E-state index in [2.05, 4.69) is 15.9 Å². The van der Waals surface area contributed by atoms with Gasteiger partial charge in [-0.1, -0.05) is 27.5 Å². The normalized spacial score (nSPS) is 16.2. The first kappa shape index (κ1) is 11.9. The van der Waals surface area contributed by atoms with Crippen LogP contribution in [0.15, 0.2) is 22.7 Å². The third-order valence-electron chi connectivity index (χ3n) is 2.39. The Morgan fingerprint density at radius 2 is 2.25 bits per heavy atom. The van der Waals surface area contributed by atoms with E-state index in [0.29, 0.717) is 23.7 Å². The molecule has 1 aliphatic rings. The predicted octanol–water partition coefficient (Wildman–Crippen LogP) is 3.27. The molecule has 1 amide bonds. The van der Waals surface area contributed by atoms with Crippen LogP contribution in [-0.4, -0.2) is 24.1 Å². The van der Waals surface area contributed by atoms with Gasteiger partial charge in [-0.15, -0.1) is 0 Å². The van der Waals surface area contributed by atoms with Crippen molar-refractivity contribution in [1.29, 1.82) is 0 Å². The number of carbonyl (C=O) groups excluding carboxylic acids is 1. The molecule has 5 heteroatoms. The molecule has 1 fully saturated rings. The lowest BCUT2D eigenvalue weighted by atomic mass is 10.2. The van der Waals surface area contributed by atoms with Crippen LogP contribution in [0.2, 0.25) is 5.02 Å². The standard InChI is InChI=1S/C11H11BrClNO2/c12-8-3-4-10(13)9(7-8)11(15)14-5-1-2-6-16-14/h3-4,7H,1-2,5-6H2. The molecule has 0 saturated carbocycles. The van der Waals surface area contributed by atoms with Gasteiger partial charge in [0.25, 0.3) is 5.91 Å². The van der Waals surface area contributed by atoms with Crippen LogP contribution in [0.4, 0.5) is 0 Å². The van der Waals surface area contributed by atoms with Gasteiger partial charge in [-0.25, -0.2) is 5.06 Å². The third-order valence-corrected chi connectivity index (χ3v) is 3.21.